The molecule has 0 bridgehead atoms. The molecule has 0 saturated heterocycles. The van der Waals surface area contributed by atoms with Crippen LogP contribution < -0.4 is 9.80 Å². The van der Waals surface area contributed by atoms with E-state index in [9.17, 15) is 9.59 Å². The van der Waals surface area contributed by atoms with Gasteiger partial charge in [-0.05, 0) is 79.1 Å². The molecule has 0 heterocycles. The first-order valence-corrected chi connectivity index (χ1v) is 14.1. The summed E-state index contributed by atoms with van der Waals surface area (Å²) < 4.78 is 0. The first-order chi connectivity index (χ1) is 20.1. The van der Waals surface area contributed by atoms with Crippen LogP contribution in [0.4, 0.5) is 11.4 Å². The highest BCUT2D eigenvalue weighted by Gasteiger charge is 2.21. The van der Waals surface area contributed by atoms with E-state index in [4.69, 9.17) is 0 Å². The molecular formula is C37H34N2O2. The maximum atomic E-state index is 13.2. The molecule has 204 valence electrons. The summed E-state index contributed by atoms with van der Waals surface area (Å²) in [7, 11) is 0. The molecule has 5 aromatic carbocycles. The fourth-order valence-electron chi connectivity index (χ4n) is 5.28. The molecule has 0 atom stereocenters. The Morgan fingerprint density at radius 3 is 1.12 bits per heavy atom. The van der Waals surface area contributed by atoms with Gasteiger partial charge in [-0.1, -0.05) is 91.0 Å². The third kappa shape index (κ3) is 6.12. The number of hydrogen-bond acceptors (Lipinski definition) is 2. The molecule has 41 heavy (non-hydrogen) atoms. The van der Waals surface area contributed by atoms with Gasteiger partial charge in [-0.3, -0.25) is 9.59 Å². The zero-order valence-electron chi connectivity index (χ0n) is 23.5. The molecule has 5 aromatic rings. The van der Waals surface area contributed by atoms with Crippen molar-refractivity contribution in [2.45, 2.75) is 19.8 Å². The summed E-state index contributed by atoms with van der Waals surface area (Å²) in [6.07, 6.45) is 0. The Balaban J connectivity index is 1.45. The standard InChI is InChI=1S/C37H34N2O2/c1-3-38(36(40)31-16-10-6-11-17-31)33-24-20-29(21-25-33)35(28-14-8-5-9-15-28)30-22-26-34(27-23-30)39(4-2)37(41)32-18-12-7-13-19-32/h5-27,35H,3-4H2,1-2H3. The highest BCUT2D eigenvalue weighted by Crippen LogP contribution is 2.34. The Morgan fingerprint density at radius 1 is 0.463 bits per heavy atom. The predicted molar refractivity (Wildman–Crippen MR) is 168 cm³/mol. The predicted octanol–water partition coefficient (Wildman–Crippen LogP) is 8.20. The van der Waals surface area contributed by atoms with Gasteiger partial charge in [0.25, 0.3) is 11.8 Å². The normalized spacial score (nSPS) is 10.8. The first kappa shape index (κ1) is 27.6. The van der Waals surface area contributed by atoms with Crippen molar-refractivity contribution in [2.24, 2.45) is 0 Å². The molecule has 2 amide bonds. The molecule has 4 nitrogen and oxygen atoms in total. The van der Waals surface area contributed by atoms with Gasteiger partial charge in [-0.25, -0.2) is 0 Å². The molecule has 0 spiro atoms. The molecule has 0 N–H and O–H groups in total. The van der Waals surface area contributed by atoms with Crippen molar-refractivity contribution in [3.8, 4) is 0 Å². The van der Waals surface area contributed by atoms with Crippen molar-refractivity contribution in [2.75, 3.05) is 22.9 Å². The minimum Gasteiger partial charge on any atom is -0.309 e. The number of hydrogen-bond donors (Lipinski definition) is 0. The van der Waals surface area contributed by atoms with E-state index in [1.54, 1.807) is 9.80 Å². The lowest BCUT2D eigenvalue weighted by atomic mass is 9.85. The fourth-order valence-corrected chi connectivity index (χ4v) is 5.28. The van der Waals surface area contributed by atoms with Crippen molar-refractivity contribution in [3.63, 3.8) is 0 Å². The number of anilines is 2. The lowest BCUT2D eigenvalue weighted by Crippen LogP contribution is -2.30. The molecule has 0 fully saturated rings. The average molecular weight is 539 g/mol. The maximum Gasteiger partial charge on any atom is 0.258 e. The number of nitrogens with zero attached hydrogens (tertiary/aromatic N) is 2. The van der Waals surface area contributed by atoms with Crippen molar-refractivity contribution in [3.05, 3.63) is 167 Å². The quantitative estimate of drug-likeness (QED) is 0.178. The number of carbonyl (C=O) groups excluding carboxylic acids is 2. The van der Waals surface area contributed by atoms with Crippen molar-refractivity contribution in [1.82, 2.24) is 0 Å². The monoisotopic (exact) mass is 538 g/mol. The number of amides is 2. The van der Waals surface area contributed by atoms with Gasteiger partial charge in [-0.2, -0.15) is 0 Å². The fraction of sp³-hybridized carbons (Fsp3) is 0.135. The Morgan fingerprint density at radius 2 is 0.780 bits per heavy atom. The zero-order chi connectivity index (χ0) is 28.6. The number of benzene rings is 5. The van der Waals surface area contributed by atoms with Crippen LogP contribution in [0.25, 0.3) is 0 Å². The lowest BCUT2D eigenvalue weighted by Gasteiger charge is -2.24. The summed E-state index contributed by atoms with van der Waals surface area (Å²) in [5, 5.41) is 0. The number of rotatable bonds is 9. The lowest BCUT2D eigenvalue weighted by molar-refractivity contribution is 0.0980. The second kappa shape index (κ2) is 12.9. The van der Waals surface area contributed by atoms with E-state index < -0.39 is 0 Å². The van der Waals surface area contributed by atoms with Crippen LogP contribution in [0.1, 0.15) is 57.2 Å². The molecule has 0 aliphatic carbocycles. The van der Waals surface area contributed by atoms with Crippen LogP contribution >= 0.6 is 0 Å². The summed E-state index contributed by atoms with van der Waals surface area (Å²) in [5.74, 6) is -0.0257. The Kier molecular flexibility index (Phi) is 8.70. The first-order valence-electron chi connectivity index (χ1n) is 14.1. The minimum atomic E-state index is -0.0124. The molecule has 5 rings (SSSR count). The Bertz CT molecular complexity index is 1460. The van der Waals surface area contributed by atoms with Crippen molar-refractivity contribution in [1.29, 1.82) is 0 Å². The zero-order valence-corrected chi connectivity index (χ0v) is 23.5. The summed E-state index contributed by atoms with van der Waals surface area (Å²) in [4.78, 5) is 30.0. The smallest absolute Gasteiger partial charge is 0.258 e. The number of carbonyl (C=O) groups is 2. The molecule has 0 saturated carbocycles. The van der Waals surface area contributed by atoms with Gasteiger partial charge in [-0.15, -0.1) is 0 Å². The highest BCUT2D eigenvalue weighted by atomic mass is 16.2. The van der Waals surface area contributed by atoms with E-state index in [0.717, 1.165) is 22.5 Å². The highest BCUT2D eigenvalue weighted by molar-refractivity contribution is 6.06. The van der Waals surface area contributed by atoms with Crippen molar-refractivity contribution < 1.29 is 9.59 Å². The SMILES string of the molecule is CCN(C(=O)c1ccccc1)c1ccc(C(c2ccccc2)c2ccc(N(CC)C(=O)c3ccccc3)cc2)cc1. The van der Waals surface area contributed by atoms with Crippen LogP contribution in [0.15, 0.2) is 140 Å². The van der Waals surface area contributed by atoms with Crippen LogP contribution in [-0.2, 0) is 0 Å². The molecule has 4 heteroatoms. The van der Waals surface area contributed by atoms with E-state index in [0.29, 0.717) is 24.2 Å². The largest absolute Gasteiger partial charge is 0.309 e. The van der Waals surface area contributed by atoms with Crippen LogP contribution in [-0.4, -0.2) is 24.9 Å². The van der Waals surface area contributed by atoms with E-state index in [2.05, 4.69) is 48.5 Å². The molecule has 0 radical (unpaired) electrons. The van der Waals surface area contributed by atoms with Crippen LogP contribution in [0.3, 0.4) is 0 Å². The summed E-state index contributed by atoms with van der Waals surface area (Å²) in [5.41, 5.74) is 6.51. The summed E-state index contributed by atoms with van der Waals surface area (Å²) in [6.45, 7) is 5.13. The van der Waals surface area contributed by atoms with Gasteiger partial charge in [0.05, 0.1) is 0 Å². The second-order valence-corrected chi connectivity index (χ2v) is 9.86. The Hall–Kier alpha value is -4.96. The van der Waals surface area contributed by atoms with Gasteiger partial charge in [0.2, 0.25) is 0 Å². The summed E-state index contributed by atoms with van der Waals surface area (Å²) >= 11 is 0. The van der Waals surface area contributed by atoms with E-state index >= 15 is 0 Å². The second-order valence-electron chi connectivity index (χ2n) is 9.86. The molecular weight excluding hydrogens is 504 g/mol. The third-order valence-electron chi connectivity index (χ3n) is 7.37. The van der Waals surface area contributed by atoms with Crippen molar-refractivity contribution >= 4 is 23.2 Å². The van der Waals surface area contributed by atoms with E-state index in [-0.39, 0.29) is 17.7 Å². The maximum absolute atomic E-state index is 13.2. The third-order valence-corrected chi connectivity index (χ3v) is 7.37. The van der Waals surface area contributed by atoms with Gasteiger partial charge in [0.1, 0.15) is 0 Å². The summed E-state index contributed by atoms with van der Waals surface area (Å²) in [6, 6.07) is 45.7. The average Bonchev–Trinajstić information content (AvgIpc) is 3.04. The van der Waals surface area contributed by atoms with E-state index in [1.165, 1.54) is 5.56 Å². The van der Waals surface area contributed by atoms with Crippen LogP contribution in [0.2, 0.25) is 0 Å². The van der Waals surface area contributed by atoms with Gasteiger partial charge < -0.3 is 9.80 Å². The molecule has 0 unspecified atom stereocenters. The van der Waals surface area contributed by atoms with Gasteiger partial charge >= 0.3 is 0 Å². The van der Waals surface area contributed by atoms with E-state index in [1.807, 2.05) is 105 Å². The van der Waals surface area contributed by atoms with Gasteiger partial charge in [0.15, 0.2) is 0 Å². The molecule has 0 aliphatic heterocycles. The van der Waals surface area contributed by atoms with Crippen LogP contribution in [0.5, 0.6) is 0 Å². The Labute approximate surface area is 242 Å². The van der Waals surface area contributed by atoms with Crippen LogP contribution in [0, 0.1) is 0 Å². The topological polar surface area (TPSA) is 40.6 Å². The molecule has 0 aliphatic rings. The minimum absolute atomic E-state index is 0.000831. The van der Waals surface area contributed by atoms with Gasteiger partial charge in [0, 0.05) is 41.5 Å². The molecule has 0 aromatic heterocycles.